The Labute approximate surface area is 127 Å². The summed E-state index contributed by atoms with van der Waals surface area (Å²) in [7, 11) is 0. The quantitative estimate of drug-likeness (QED) is 0.846. The standard InChI is InChI=1S/C17H27N3O/c1-2-3-14-8-10-20(11-9-14)13-17(21)19-16-6-4-15(12-18)5-7-16/h4-7,14H,2-3,8-13,18H2,1H3,(H,19,21). The van der Waals surface area contributed by atoms with E-state index in [0.29, 0.717) is 13.1 Å². The Balaban J connectivity index is 1.74. The van der Waals surface area contributed by atoms with Gasteiger partial charge in [-0.15, -0.1) is 0 Å². The first-order valence-corrected chi connectivity index (χ1v) is 8.02. The van der Waals surface area contributed by atoms with Gasteiger partial charge in [-0.2, -0.15) is 0 Å². The van der Waals surface area contributed by atoms with Crippen molar-refractivity contribution in [1.29, 1.82) is 0 Å². The third-order valence-electron chi connectivity index (χ3n) is 4.24. The summed E-state index contributed by atoms with van der Waals surface area (Å²) in [4.78, 5) is 14.3. The Hall–Kier alpha value is -1.39. The lowest BCUT2D eigenvalue weighted by molar-refractivity contribution is -0.117. The summed E-state index contributed by atoms with van der Waals surface area (Å²) in [5.41, 5.74) is 7.48. The molecule has 116 valence electrons. The lowest BCUT2D eigenvalue weighted by Gasteiger charge is -2.31. The van der Waals surface area contributed by atoms with Crippen molar-refractivity contribution in [2.45, 2.75) is 39.2 Å². The maximum Gasteiger partial charge on any atom is 0.238 e. The van der Waals surface area contributed by atoms with Gasteiger partial charge < -0.3 is 11.1 Å². The van der Waals surface area contributed by atoms with Gasteiger partial charge in [0.2, 0.25) is 5.91 Å². The highest BCUT2D eigenvalue weighted by atomic mass is 16.2. The van der Waals surface area contributed by atoms with E-state index in [9.17, 15) is 4.79 Å². The third-order valence-corrected chi connectivity index (χ3v) is 4.24. The first kappa shape index (κ1) is 16.0. The minimum Gasteiger partial charge on any atom is -0.326 e. The van der Waals surface area contributed by atoms with E-state index < -0.39 is 0 Å². The van der Waals surface area contributed by atoms with Crippen molar-refractivity contribution in [2.24, 2.45) is 11.7 Å². The summed E-state index contributed by atoms with van der Waals surface area (Å²) >= 11 is 0. The molecule has 1 saturated heterocycles. The molecule has 0 aromatic heterocycles. The predicted molar refractivity (Wildman–Crippen MR) is 87.0 cm³/mol. The molecule has 1 aliphatic rings. The average Bonchev–Trinajstić information content (AvgIpc) is 2.50. The van der Waals surface area contributed by atoms with Gasteiger partial charge in [0, 0.05) is 12.2 Å². The van der Waals surface area contributed by atoms with E-state index in [4.69, 9.17) is 5.73 Å². The number of carbonyl (C=O) groups excluding carboxylic acids is 1. The van der Waals surface area contributed by atoms with Crippen molar-refractivity contribution in [3.05, 3.63) is 29.8 Å². The second kappa shape index (κ2) is 8.15. The molecule has 1 amide bonds. The number of nitrogens with one attached hydrogen (secondary N) is 1. The maximum absolute atomic E-state index is 12.1. The average molecular weight is 289 g/mol. The fourth-order valence-corrected chi connectivity index (χ4v) is 2.97. The Bertz CT molecular complexity index is 436. The predicted octanol–water partition coefficient (Wildman–Crippen LogP) is 2.60. The van der Waals surface area contributed by atoms with Crippen LogP contribution in [0.2, 0.25) is 0 Å². The van der Waals surface area contributed by atoms with Gasteiger partial charge in [-0.25, -0.2) is 0 Å². The molecule has 0 spiro atoms. The van der Waals surface area contributed by atoms with E-state index in [1.807, 2.05) is 24.3 Å². The monoisotopic (exact) mass is 289 g/mol. The Morgan fingerprint density at radius 2 is 1.95 bits per heavy atom. The second-order valence-electron chi connectivity index (χ2n) is 5.96. The lowest BCUT2D eigenvalue weighted by atomic mass is 9.92. The number of benzene rings is 1. The molecule has 2 rings (SSSR count). The van der Waals surface area contributed by atoms with Crippen molar-refractivity contribution < 1.29 is 4.79 Å². The van der Waals surface area contributed by atoms with Crippen LogP contribution in [0.15, 0.2) is 24.3 Å². The number of likely N-dealkylation sites (tertiary alicyclic amines) is 1. The number of rotatable bonds is 6. The molecule has 4 heteroatoms. The Morgan fingerprint density at radius 3 is 2.52 bits per heavy atom. The van der Waals surface area contributed by atoms with Gasteiger partial charge in [-0.1, -0.05) is 31.9 Å². The molecule has 1 fully saturated rings. The van der Waals surface area contributed by atoms with E-state index in [0.717, 1.165) is 30.3 Å². The molecule has 4 nitrogen and oxygen atoms in total. The highest BCUT2D eigenvalue weighted by molar-refractivity contribution is 5.92. The molecule has 0 bridgehead atoms. The van der Waals surface area contributed by atoms with Gasteiger partial charge in [0.1, 0.15) is 0 Å². The smallest absolute Gasteiger partial charge is 0.238 e. The van der Waals surface area contributed by atoms with Crippen LogP contribution < -0.4 is 11.1 Å². The zero-order valence-electron chi connectivity index (χ0n) is 13.0. The zero-order valence-corrected chi connectivity index (χ0v) is 13.0. The van der Waals surface area contributed by atoms with Crippen LogP contribution in [0, 0.1) is 5.92 Å². The number of nitrogens with two attached hydrogens (primary N) is 1. The molecule has 0 aliphatic carbocycles. The summed E-state index contributed by atoms with van der Waals surface area (Å²) in [6.45, 7) is 5.36. The molecule has 1 heterocycles. The molecule has 1 aliphatic heterocycles. The van der Waals surface area contributed by atoms with E-state index in [2.05, 4.69) is 17.1 Å². The number of piperidine rings is 1. The molecule has 21 heavy (non-hydrogen) atoms. The molecule has 1 aromatic rings. The van der Waals surface area contributed by atoms with Crippen LogP contribution in [0.5, 0.6) is 0 Å². The van der Waals surface area contributed by atoms with Crippen molar-refractivity contribution in [3.8, 4) is 0 Å². The van der Waals surface area contributed by atoms with Crippen LogP contribution in [0.25, 0.3) is 0 Å². The van der Waals surface area contributed by atoms with Gasteiger partial charge in [0.05, 0.1) is 6.54 Å². The second-order valence-corrected chi connectivity index (χ2v) is 5.96. The molecular weight excluding hydrogens is 262 g/mol. The van der Waals surface area contributed by atoms with E-state index in [1.54, 1.807) is 0 Å². The van der Waals surface area contributed by atoms with Gasteiger partial charge in [0.25, 0.3) is 0 Å². The Kier molecular flexibility index (Phi) is 6.21. The first-order chi connectivity index (χ1) is 10.2. The number of carbonyl (C=O) groups is 1. The van der Waals surface area contributed by atoms with Crippen molar-refractivity contribution in [2.75, 3.05) is 25.0 Å². The van der Waals surface area contributed by atoms with E-state index in [-0.39, 0.29) is 5.91 Å². The molecular formula is C17H27N3O. The number of hydrogen-bond donors (Lipinski definition) is 2. The van der Waals surface area contributed by atoms with Crippen molar-refractivity contribution in [3.63, 3.8) is 0 Å². The fourth-order valence-electron chi connectivity index (χ4n) is 2.97. The highest BCUT2D eigenvalue weighted by Crippen LogP contribution is 2.21. The summed E-state index contributed by atoms with van der Waals surface area (Å²) < 4.78 is 0. The minimum absolute atomic E-state index is 0.0736. The van der Waals surface area contributed by atoms with Gasteiger partial charge in [-0.3, -0.25) is 9.69 Å². The number of nitrogens with zero attached hydrogens (tertiary/aromatic N) is 1. The molecule has 0 unspecified atom stereocenters. The largest absolute Gasteiger partial charge is 0.326 e. The highest BCUT2D eigenvalue weighted by Gasteiger charge is 2.20. The van der Waals surface area contributed by atoms with E-state index in [1.165, 1.54) is 25.7 Å². The fraction of sp³-hybridized carbons (Fsp3) is 0.588. The van der Waals surface area contributed by atoms with Crippen molar-refractivity contribution >= 4 is 11.6 Å². The SMILES string of the molecule is CCCC1CCN(CC(=O)Nc2ccc(CN)cc2)CC1. The zero-order chi connectivity index (χ0) is 15.1. The van der Waals surface area contributed by atoms with Gasteiger partial charge in [-0.05, 0) is 49.5 Å². The third kappa shape index (κ3) is 5.14. The molecule has 3 N–H and O–H groups in total. The van der Waals surface area contributed by atoms with Gasteiger partial charge in [0.15, 0.2) is 0 Å². The maximum atomic E-state index is 12.1. The van der Waals surface area contributed by atoms with Crippen LogP contribution in [-0.2, 0) is 11.3 Å². The first-order valence-electron chi connectivity index (χ1n) is 8.02. The number of amides is 1. The van der Waals surface area contributed by atoms with Crippen LogP contribution in [0.3, 0.4) is 0 Å². The number of hydrogen-bond acceptors (Lipinski definition) is 3. The van der Waals surface area contributed by atoms with Crippen LogP contribution >= 0.6 is 0 Å². The summed E-state index contributed by atoms with van der Waals surface area (Å²) in [6.07, 6.45) is 5.05. The van der Waals surface area contributed by atoms with Crippen molar-refractivity contribution in [1.82, 2.24) is 4.90 Å². The number of anilines is 1. The van der Waals surface area contributed by atoms with Crippen LogP contribution in [0.1, 0.15) is 38.2 Å². The molecule has 0 atom stereocenters. The normalized spacial score (nSPS) is 16.9. The molecule has 0 radical (unpaired) electrons. The minimum atomic E-state index is 0.0736. The lowest BCUT2D eigenvalue weighted by Crippen LogP contribution is -2.39. The van der Waals surface area contributed by atoms with Crippen LogP contribution in [-0.4, -0.2) is 30.4 Å². The van der Waals surface area contributed by atoms with Crippen LogP contribution in [0.4, 0.5) is 5.69 Å². The molecule has 0 saturated carbocycles. The summed E-state index contributed by atoms with van der Waals surface area (Å²) in [5, 5.41) is 2.96. The summed E-state index contributed by atoms with van der Waals surface area (Å²) in [5.74, 6) is 0.933. The van der Waals surface area contributed by atoms with E-state index >= 15 is 0 Å². The topological polar surface area (TPSA) is 58.4 Å². The van der Waals surface area contributed by atoms with Gasteiger partial charge >= 0.3 is 0 Å². The molecule has 1 aromatic carbocycles. The Morgan fingerprint density at radius 1 is 1.29 bits per heavy atom. The summed E-state index contributed by atoms with van der Waals surface area (Å²) in [6, 6.07) is 7.72.